The van der Waals surface area contributed by atoms with Crippen molar-refractivity contribution in [3.05, 3.63) is 41.8 Å². The number of benzene rings is 1. The average Bonchev–Trinajstić information content (AvgIpc) is 3.04. The van der Waals surface area contributed by atoms with Gasteiger partial charge in [0.2, 0.25) is 0 Å². The van der Waals surface area contributed by atoms with E-state index in [2.05, 4.69) is 45.2 Å². The first-order valence-electron chi connectivity index (χ1n) is 5.81. The Hall–Kier alpha value is -2.07. The molecule has 0 aliphatic carbocycles. The number of H-pyrrole nitrogens is 1. The molecule has 0 spiro atoms. The molecule has 0 saturated carbocycles. The molecule has 0 aliphatic heterocycles. The van der Waals surface area contributed by atoms with E-state index in [0.29, 0.717) is 0 Å². The number of nitrogens with one attached hydrogen (secondary N) is 1. The highest BCUT2D eigenvalue weighted by molar-refractivity contribution is 7.17. The Labute approximate surface area is 108 Å². The number of hydrogen-bond donors (Lipinski definition) is 1. The van der Waals surface area contributed by atoms with Crippen LogP contribution >= 0.6 is 11.3 Å². The number of rotatable bonds is 1. The Morgan fingerprint density at radius 2 is 2.11 bits per heavy atom. The molecule has 0 radical (unpaired) electrons. The van der Waals surface area contributed by atoms with Gasteiger partial charge in [-0.3, -0.25) is 0 Å². The normalized spacial score (nSPS) is 11.6. The van der Waals surface area contributed by atoms with Crippen molar-refractivity contribution in [3.8, 4) is 11.5 Å². The summed E-state index contributed by atoms with van der Waals surface area (Å²) in [6.45, 7) is 0. The van der Waals surface area contributed by atoms with E-state index < -0.39 is 0 Å². The van der Waals surface area contributed by atoms with Gasteiger partial charge in [0.25, 0.3) is 0 Å². The van der Waals surface area contributed by atoms with E-state index in [1.54, 1.807) is 11.3 Å². The van der Waals surface area contributed by atoms with E-state index in [-0.39, 0.29) is 0 Å². The maximum Gasteiger partial charge on any atom is 0.155 e. The van der Waals surface area contributed by atoms with Crippen LogP contribution < -0.4 is 0 Å². The van der Waals surface area contributed by atoms with Crippen LogP contribution in [0.5, 0.6) is 0 Å². The zero-order chi connectivity index (χ0) is 12.1. The Morgan fingerprint density at radius 3 is 2.94 bits per heavy atom. The van der Waals surface area contributed by atoms with Crippen LogP contribution in [0.4, 0.5) is 0 Å². The van der Waals surface area contributed by atoms with E-state index in [1.165, 1.54) is 10.2 Å². The number of imidazole rings is 1. The summed E-state index contributed by atoms with van der Waals surface area (Å²) in [7, 11) is 2.08. The van der Waals surface area contributed by atoms with Gasteiger partial charge >= 0.3 is 0 Å². The van der Waals surface area contributed by atoms with Crippen LogP contribution in [0.15, 0.2) is 41.8 Å². The molecule has 4 rings (SSSR count). The van der Waals surface area contributed by atoms with E-state index >= 15 is 0 Å². The molecule has 0 bridgehead atoms. The van der Waals surface area contributed by atoms with Gasteiger partial charge in [0.1, 0.15) is 0 Å². The van der Waals surface area contributed by atoms with E-state index in [4.69, 9.17) is 0 Å². The van der Waals surface area contributed by atoms with Gasteiger partial charge in [-0.25, -0.2) is 4.98 Å². The summed E-state index contributed by atoms with van der Waals surface area (Å²) in [5, 5.41) is 2.12. The van der Waals surface area contributed by atoms with Gasteiger partial charge in [-0.05, 0) is 29.6 Å². The smallest absolute Gasteiger partial charge is 0.155 e. The van der Waals surface area contributed by atoms with Crippen LogP contribution in [-0.2, 0) is 7.05 Å². The minimum absolute atomic E-state index is 0.933. The number of hydrogen-bond acceptors (Lipinski definition) is 2. The predicted molar refractivity (Wildman–Crippen MR) is 75.9 cm³/mol. The molecule has 1 aromatic carbocycles. The number of nitrogens with zero attached hydrogens (tertiary/aromatic N) is 2. The van der Waals surface area contributed by atoms with Gasteiger partial charge < -0.3 is 9.55 Å². The van der Waals surface area contributed by atoms with Gasteiger partial charge in [0.05, 0.1) is 26.9 Å². The topological polar surface area (TPSA) is 33.6 Å². The second-order valence-electron chi connectivity index (χ2n) is 4.36. The number of thiophene rings is 1. The second kappa shape index (κ2) is 3.46. The third-order valence-corrected chi connectivity index (χ3v) is 4.15. The molecule has 0 amide bonds. The molecule has 18 heavy (non-hydrogen) atoms. The van der Waals surface area contributed by atoms with Crippen molar-refractivity contribution in [2.75, 3.05) is 0 Å². The van der Waals surface area contributed by atoms with Gasteiger partial charge in [-0.1, -0.05) is 12.1 Å². The van der Waals surface area contributed by atoms with Crippen molar-refractivity contribution in [1.82, 2.24) is 14.5 Å². The van der Waals surface area contributed by atoms with Crippen LogP contribution in [0.2, 0.25) is 0 Å². The molecule has 0 unspecified atom stereocenters. The van der Waals surface area contributed by atoms with Gasteiger partial charge in [0, 0.05) is 7.05 Å². The lowest BCUT2D eigenvalue weighted by molar-refractivity contribution is 0.967. The molecular formula is C14H11N3S. The number of para-hydroxylation sites is 2. The highest BCUT2D eigenvalue weighted by atomic mass is 32.1. The molecule has 4 heteroatoms. The molecular weight excluding hydrogens is 242 g/mol. The lowest BCUT2D eigenvalue weighted by atomic mass is 10.3. The summed E-state index contributed by atoms with van der Waals surface area (Å²) >= 11 is 1.76. The summed E-state index contributed by atoms with van der Waals surface area (Å²) in [5.41, 5.74) is 4.48. The predicted octanol–water partition coefficient (Wildman–Crippen LogP) is 3.78. The average molecular weight is 253 g/mol. The van der Waals surface area contributed by atoms with Crippen molar-refractivity contribution >= 4 is 32.6 Å². The molecule has 0 fully saturated rings. The first-order chi connectivity index (χ1) is 8.83. The molecule has 0 atom stereocenters. The molecule has 3 aromatic heterocycles. The van der Waals surface area contributed by atoms with Crippen LogP contribution in [0.3, 0.4) is 0 Å². The third kappa shape index (κ3) is 1.26. The lowest BCUT2D eigenvalue weighted by Crippen LogP contribution is -1.91. The zero-order valence-electron chi connectivity index (χ0n) is 9.84. The first-order valence-corrected chi connectivity index (χ1v) is 6.69. The van der Waals surface area contributed by atoms with Gasteiger partial charge in [0.15, 0.2) is 5.82 Å². The number of aryl methyl sites for hydroxylation is 1. The van der Waals surface area contributed by atoms with Crippen molar-refractivity contribution < 1.29 is 0 Å². The van der Waals surface area contributed by atoms with Crippen molar-refractivity contribution in [2.45, 2.75) is 0 Å². The highest BCUT2D eigenvalue weighted by Gasteiger charge is 2.12. The fourth-order valence-corrected chi connectivity index (χ4v) is 3.20. The van der Waals surface area contributed by atoms with Gasteiger partial charge in [-0.15, -0.1) is 11.3 Å². The molecule has 4 aromatic rings. The van der Waals surface area contributed by atoms with Crippen LogP contribution in [-0.4, -0.2) is 14.5 Å². The third-order valence-electron chi connectivity index (χ3n) is 3.30. The summed E-state index contributed by atoms with van der Waals surface area (Å²) in [6, 6.07) is 12.5. The summed E-state index contributed by atoms with van der Waals surface area (Å²) in [6.07, 6.45) is 0. The van der Waals surface area contributed by atoms with Crippen molar-refractivity contribution in [2.24, 2.45) is 7.05 Å². The largest absolute Gasteiger partial charge is 0.340 e. The quantitative estimate of drug-likeness (QED) is 0.550. The SMILES string of the molecule is Cn1c(-c2nc3ccccc3[nH]2)cc2sccc21. The van der Waals surface area contributed by atoms with E-state index in [0.717, 1.165) is 22.6 Å². The molecule has 0 aliphatic rings. The summed E-state index contributed by atoms with van der Waals surface area (Å²) < 4.78 is 3.48. The summed E-state index contributed by atoms with van der Waals surface area (Å²) in [4.78, 5) is 8.02. The van der Waals surface area contributed by atoms with Crippen LogP contribution in [0, 0.1) is 0 Å². The Kier molecular flexibility index (Phi) is 1.91. The first kappa shape index (κ1) is 9.91. The minimum atomic E-state index is 0.933. The zero-order valence-corrected chi connectivity index (χ0v) is 10.7. The number of aromatic amines is 1. The molecule has 3 nitrogen and oxygen atoms in total. The number of aromatic nitrogens is 3. The molecule has 1 N–H and O–H groups in total. The van der Waals surface area contributed by atoms with E-state index in [1.807, 2.05) is 18.2 Å². The fourth-order valence-electron chi connectivity index (χ4n) is 2.35. The summed E-state index contributed by atoms with van der Waals surface area (Å²) in [5.74, 6) is 0.933. The van der Waals surface area contributed by atoms with Crippen LogP contribution in [0.25, 0.3) is 32.8 Å². The van der Waals surface area contributed by atoms with Crippen molar-refractivity contribution in [3.63, 3.8) is 0 Å². The Balaban J connectivity index is 2.00. The highest BCUT2D eigenvalue weighted by Crippen LogP contribution is 2.29. The Bertz CT molecular complexity index is 817. The number of fused-ring (bicyclic) bond motifs is 2. The second-order valence-corrected chi connectivity index (χ2v) is 5.31. The Morgan fingerprint density at radius 1 is 1.22 bits per heavy atom. The maximum atomic E-state index is 4.65. The standard InChI is InChI=1S/C14H11N3S/c1-17-11-6-7-18-13(11)8-12(17)14-15-9-4-2-3-5-10(9)16-14/h2-8H,1H3,(H,15,16). The minimum Gasteiger partial charge on any atom is -0.340 e. The molecule has 0 saturated heterocycles. The van der Waals surface area contributed by atoms with Gasteiger partial charge in [-0.2, -0.15) is 0 Å². The molecule has 3 heterocycles. The van der Waals surface area contributed by atoms with Crippen LogP contribution in [0.1, 0.15) is 0 Å². The monoisotopic (exact) mass is 253 g/mol. The maximum absolute atomic E-state index is 4.65. The molecule has 88 valence electrons. The lowest BCUT2D eigenvalue weighted by Gasteiger charge is -1.99. The van der Waals surface area contributed by atoms with E-state index in [9.17, 15) is 0 Å². The van der Waals surface area contributed by atoms with Crippen molar-refractivity contribution in [1.29, 1.82) is 0 Å². The fraction of sp³-hybridized carbons (Fsp3) is 0.0714.